The Morgan fingerprint density at radius 1 is 0.967 bits per heavy atom. The molecular weight excluding hydrogens is 384 g/mol. The summed E-state index contributed by atoms with van der Waals surface area (Å²) in [6.45, 7) is 7.28. The molecule has 0 saturated heterocycles. The molecule has 2 rings (SSSR count). The van der Waals surface area contributed by atoms with Gasteiger partial charge in [0.1, 0.15) is 5.60 Å². The average Bonchev–Trinajstić information content (AvgIpc) is 2.69. The molecule has 0 heterocycles. The van der Waals surface area contributed by atoms with Crippen molar-refractivity contribution in [1.82, 2.24) is 5.32 Å². The van der Waals surface area contributed by atoms with Gasteiger partial charge in [-0.1, -0.05) is 31.2 Å². The first-order valence-corrected chi connectivity index (χ1v) is 9.78. The van der Waals surface area contributed by atoms with E-state index >= 15 is 0 Å². The van der Waals surface area contributed by atoms with Gasteiger partial charge in [-0.3, -0.25) is 4.79 Å². The van der Waals surface area contributed by atoms with Gasteiger partial charge in [0.2, 0.25) is 0 Å². The standard InChI is InChI=1S/C23H28N2O5/c1-5-16-7-6-8-19(13-16)25-20(26)15-29-21(27)18-11-9-17(10-12-18)14-24-22(28)30-23(2,3)4/h6-13H,5,14-15H2,1-4H3,(H,24,28)(H,25,26). The van der Waals surface area contributed by atoms with Gasteiger partial charge >= 0.3 is 12.1 Å². The average molecular weight is 412 g/mol. The van der Waals surface area contributed by atoms with Crippen molar-refractivity contribution >= 4 is 23.7 Å². The number of ether oxygens (including phenoxy) is 2. The minimum atomic E-state index is -0.598. The number of amides is 2. The van der Waals surface area contributed by atoms with Crippen LogP contribution in [-0.2, 0) is 27.2 Å². The van der Waals surface area contributed by atoms with E-state index in [2.05, 4.69) is 10.6 Å². The van der Waals surface area contributed by atoms with Crippen LogP contribution in [-0.4, -0.2) is 30.2 Å². The van der Waals surface area contributed by atoms with Crippen molar-refractivity contribution in [2.24, 2.45) is 0 Å². The number of esters is 1. The zero-order valence-corrected chi connectivity index (χ0v) is 17.8. The van der Waals surface area contributed by atoms with E-state index in [1.54, 1.807) is 51.1 Å². The van der Waals surface area contributed by atoms with Gasteiger partial charge in [0.25, 0.3) is 5.91 Å². The highest BCUT2D eigenvalue weighted by atomic mass is 16.6. The smallest absolute Gasteiger partial charge is 0.407 e. The van der Waals surface area contributed by atoms with E-state index in [9.17, 15) is 14.4 Å². The molecule has 2 N–H and O–H groups in total. The number of benzene rings is 2. The van der Waals surface area contributed by atoms with E-state index < -0.39 is 23.6 Å². The highest BCUT2D eigenvalue weighted by Gasteiger charge is 2.16. The maximum Gasteiger partial charge on any atom is 0.407 e. The van der Waals surface area contributed by atoms with Crippen molar-refractivity contribution in [3.05, 3.63) is 65.2 Å². The SMILES string of the molecule is CCc1cccc(NC(=O)COC(=O)c2ccc(CNC(=O)OC(C)(C)C)cc2)c1. The largest absolute Gasteiger partial charge is 0.452 e. The number of hydrogen-bond donors (Lipinski definition) is 2. The maximum absolute atomic E-state index is 12.1. The molecule has 30 heavy (non-hydrogen) atoms. The molecule has 0 aliphatic rings. The van der Waals surface area contributed by atoms with Gasteiger partial charge < -0.3 is 20.1 Å². The molecule has 160 valence electrons. The van der Waals surface area contributed by atoms with Crippen LogP contribution in [0.5, 0.6) is 0 Å². The molecule has 0 aromatic heterocycles. The van der Waals surface area contributed by atoms with Gasteiger partial charge in [0.15, 0.2) is 6.61 Å². The van der Waals surface area contributed by atoms with Crippen molar-refractivity contribution < 1.29 is 23.9 Å². The predicted molar refractivity (Wildman–Crippen MR) is 114 cm³/mol. The van der Waals surface area contributed by atoms with E-state index in [4.69, 9.17) is 9.47 Å². The summed E-state index contributed by atoms with van der Waals surface area (Å²) < 4.78 is 10.2. The van der Waals surface area contributed by atoms with Gasteiger partial charge in [-0.15, -0.1) is 0 Å². The number of rotatable bonds is 7. The van der Waals surface area contributed by atoms with Crippen LogP contribution in [0.4, 0.5) is 10.5 Å². The van der Waals surface area contributed by atoms with E-state index in [0.717, 1.165) is 17.5 Å². The molecule has 7 nitrogen and oxygen atoms in total. The molecule has 0 atom stereocenters. The van der Waals surface area contributed by atoms with E-state index in [1.807, 2.05) is 25.1 Å². The molecule has 0 bridgehead atoms. The Labute approximate surface area is 176 Å². The van der Waals surface area contributed by atoms with Crippen LogP contribution in [0.1, 0.15) is 49.2 Å². The monoisotopic (exact) mass is 412 g/mol. The topological polar surface area (TPSA) is 93.7 Å². The minimum absolute atomic E-state index is 0.267. The summed E-state index contributed by atoms with van der Waals surface area (Å²) in [6, 6.07) is 14.1. The van der Waals surface area contributed by atoms with Crippen LogP contribution < -0.4 is 10.6 Å². The Bertz CT molecular complexity index is 885. The lowest BCUT2D eigenvalue weighted by atomic mass is 10.1. The summed E-state index contributed by atoms with van der Waals surface area (Å²) in [5.41, 5.74) is 2.31. The quantitative estimate of drug-likeness (QED) is 0.669. The van der Waals surface area contributed by atoms with Gasteiger partial charge in [0.05, 0.1) is 5.56 Å². The molecular formula is C23H28N2O5. The normalized spacial score (nSPS) is 10.8. The Morgan fingerprint density at radius 3 is 2.30 bits per heavy atom. The van der Waals surface area contributed by atoms with E-state index in [0.29, 0.717) is 11.3 Å². The molecule has 0 radical (unpaired) electrons. The molecule has 0 saturated carbocycles. The molecule has 2 aromatic rings. The molecule has 0 fully saturated rings. The lowest BCUT2D eigenvalue weighted by Gasteiger charge is -2.19. The third kappa shape index (κ3) is 7.95. The number of alkyl carbamates (subject to hydrolysis) is 1. The Balaban J connectivity index is 1.80. The second-order valence-electron chi connectivity index (χ2n) is 7.73. The first-order valence-electron chi connectivity index (χ1n) is 9.78. The number of aryl methyl sites for hydroxylation is 1. The number of anilines is 1. The van der Waals surface area contributed by atoms with E-state index in [-0.39, 0.29) is 13.2 Å². The van der Waals surface area contributed by atoms with Crippen molar-refractivity contribution in [2.45, 2.75) is 46.3 Å². The molecule has 2 amide bonds. The number of hydrogen-bond acceptors (Lipinski definition) is 5. The zero-order chi connectivity index (χ0) is 22.1. The van der Waals surface area contributed by atoms with Crippen LogP contribution in [0, 0.1) is 0 Å². The van der Waals surface area contributed by atoms with E-state index in [1.165, 1.54) is 0 Å². The first-order chi connectivity index (χ1) is 14.2. The van der Waals surface area contributed by atoms with Crippen molar-refractivity contribution in [1.29, 1.82) is 0 Å². The van der Waals surface area contributed by atoms with Gasteiger partial charge in [-0.25, -0.2) is 9.59 Å². The van der Waals surface area contributed by atoms with Gasteiger partial charge in [0, 0.05) is 12.2 Å². The predicted octanol–water partition coefficient (Wildman–Crippen LogP) is 4.07. The second-order valence-corrected chi connectivity index (χ2v) is 7.73. The lowest BCUT2D eigenvalue weighted by molar-refractivity contribution is -0.119. The summed E-state index contributed by atoms with van der Waals surface area (Å²) in [4.78, 5) is 35.8. The zero-order valence-electron chi connectivity index (χ0n) is 17.8. The van der Waals surface area contributed by atoms with Crippen LogP contribution in [0.2, 0.25) is 0 Å². The summed E-state index contributed by atoms with van der Waals surface area (Å²) in [7, 11) is 0. The summed E-state index contributed by atoms with van der Waals surface area (Å²) in [5.74, 6) is -1.01. The minimum Gasteiger partial charge on any atom is -0.452 e. The molecule has 0 aliphatic heterocycles. The fourth-order valence-electron chi connectivity index (χ4n) is 2.53. The summed E-state index contributed by atoms with van der Waals surface area (Å²) >= 11 is 0. The lowest BCUT2D eigenvalue weighted by Crippen LogP contribution is -2.32. The summed E-state index contributed by atoms with van der Waals surface area (Å²) in [6.07, 6.45) is 0.351. The Morgan fingerprint density at radius 2 is 1.67 bits per heavy atom. The first kappa shape index (κ1) is 22.9. The van der Waals surface area contributed by atoms with Gasteiger partial charge in [-0.2, -0.15) is 0 Å². The summed E-state index contributed by atoms with van der Waals surface area (Å²) in [5, 5.41) is 5.35. The fraction of sp³-hybridized carbons (Fsp3) is 0.348. The van der Waals surface area contributed by atoms with Crippen molar-refractivity contribution in [3.8, 4) is 0 Å². The molecule has 2 aromatic carbocycles. The van der Waals surface area contributed by atoms with Crippen LogP contribution in [0.3, 0.4) is 0 Å². The third-order valence-electron chi connectivity index (χ3n) is 3.98. The molecule has 7 heteroatoms. The highest BCUT2D eigenvalue weighted by molar-refractivity contribution is 5.95. The number of nitrogens with one attached hydrogen (secondary N) is 2. The number of carbonyl (C=O) groups is 3. The maximum atomic E-state index is 12.1. The number of carbonyl (C=O) groups excluding carboxylic acids is 3. The van der Waals surface area contributed by atoms with Crippen LogP contribution in [0.25, 0.3) is 0 Å². The van der Waals surface area contributed by atoms with Crippen molar-refractivity contribution in [2.75, 3.05) is 11.9 Å². The second kappa shape index (κ2) is 10.4. The van der Waals surface area contributed by atoms with Gasteiger partial charge in [-0.05, 0) is 62.6 Å². The molecule has 0 spiro atoms. The molecule has 0 aliphatic carbocycles. The van der Waals surface area contributed by atoms with Crippen molar-refractivity contribution in [3.63, 3.8) is 0 Å². The third-order valence-corrected chi connectivity index (χ3v) is 3.98. The Kier molecular flexibility index (Phi) is 7.98. The molecule has 0 unspecified atom stereocenters. The Hall–Kier alpha value is -3.35. The van der Waals surface area contributed by atoms with Crippen LogP contribution in [0.15, 0.2) is 48.5 Å². The fourth-order valence-corrected chi connectivity index (χ4v) is 2.53. The highest BCUT2D eigenvalue weighted by Crippen LogP contribution is 2.12. The van der Waals surface area contributed by atoms with Crippen LogP contribution >= 0.6 is 0 Å².